The van der Waals surface area contributed by atoms with Crippen LogP contribution in [0.25, 0.3) is 22.0 Å². The van der Waals surface area contributed by atoms with Crippen molar-refractivity contribution in [1.29, 1.82) is 0 Å². The molecule has 0 aliphatic rings. The first kappa shape index (κ1) is 16.9. The van der Waals surface area contributed by atoms with E-state index in [1.165, 1.54) is 19.5 Å². The van der Waals surface area contributed by atoms with Crippen LogP contribution in [-0.2, 0) is 6.54 Å². The highest BCUT2D eigenvalue weighted by Gasteiger charge is 2.10. The minimum atomic E-state index is -0.444. The van der Waals surface area contributed by atoms with E-state index in [4.69, 9.17) is 4.74 Å². The molecule has 1 N–H and O–H groups in total. The summed E-state index contributed by atoms with van der Waals surface area (Å²) in [7, 11) is 1.44. The number of hydrogen-bond acceptors (Lipinski definition) is 5. The molecule has 4 rings (SSSR count). The lowest BCUT2D eigenvalue weighted by atomic mass is 10.1. The summed E-state index contributed by atoms with van der Waals surface area (Å²) in [6, 6.07) is 15.1. The number of nitrogens with one attached hydrogen (secondary N) is 1. The van der Waals surface area contributed by atoms with Gasteiger partial charge in [0.1, 0.15) is 12.1 Å². The van der Waals surface area contributed by atoms with E-state index in [0.29, 0.717) is 23.3 Å². The Kier molecular flexibility index (Phi) is 4.61. The van der Waals surface area contributed by atoms with Crippen molar-refractivity contribution in [2.75, 3.05) is 12.4 Å². The quantitative estimate of drug-likeness (QED) is 0.570. The molecule has 2 heterocycles. The van der Waals surface area contributed by atoms with E-state index in [2.05, 4.69) is 44.5 Å². The molecule has 0 amide bonds. The molecule has 0 unspecified atom stereocenters. The topological polar surface area (TPSA) is 59.9 Å². The molecule has 134 valence electrons. The fourth-order valence-electron chi connectivity index (χ4n) is 2.89. The van der Waals surface area contributed by atoms with Crippen molar-refractivity contribution < 1.29 is 9.13 Å². The van der Waals surface area contributed by atoms with Crippen LogP contribution in [0.5, 0.6) is 5.75 Å². The Balaban J connectivity index is 1.55. The molecule has 27 heavy (non-hydrogen) atoms. The van der Waals surface area contributed by atoms with Gasteiger partial charge in [-0.25, -0.2) is 14.4 Å². The number of halogens is 1. The zero-order valence-electron chi connectivity index (χ0n) is 14.7. The number of pyridine rings is 1. The largest absolute Gasteiger partial charge is 0.494 e. The summed E-state index contributed by atoms with van der Waals surface area (Å²) in [5.74, 6) is 0.358. The maximum absolute atomic E-state index is 13.9. The van der Waals surface area contributed by atoms with Crippen molar-refractivity contribution in [3.05, 3.63) is 78.6 Å². The van der Waals surface area contributed by atoms with E-state index in [-0.39, 0.29) is 5.75 Å². The molecular formula is C21H17FN4O. The Morgan fingerprint density at radius 1 is 1.04 bits per heavy atom. The first-order chi connectivity index (χ1) is 13.2. The molecular weight excluding hydrogens is 343 g/mol. The minimum Gasteiger partial charge on any atom is -0.494 e. The number of ether oxygens (including phenoxy) is 1. The van der Waals surface area contributed by atoms with Crippen molar-refractivity contribution >= 4 is 16.7 Å². The number of methoxy groups -OCH3 is 1. The molecule has 0 aliphatic heterocycles. The molecule has 0 bridgehead atoms. The van der Waals surface area contributed by atoms with Crippen molar-refractivity contribution in [3.63, 3.8) is 0 Å². The Hall–Kier alpha value is -3.54. The van der Waals surface area contributed by atoms with Gasteiger partial charge in [-0.3, -0.25) is 4.98 Å². The van der Waals surface area contributed by atoms with Crippen molar-refractivity contribution in [1.82, 2.24) is 15.0 Å². The third-order valence-corrected chi connectivity index (χ3v) is 4.32. The number of nitrogens with zero attached hydrogens (tertiary/aromatic N) is 3. The van der Waals surface area contributed by atoms with Crippen LogP contribution in [0.3, 0.4) is 0 Å². The van der Waals surface area contributed by atoms with Crippen LogP contribution in [0.2, 0.25) is 0 Å². The fourth-order valence-corrected chi connectivity index (χ4v) is 2.89. The average Bonchev–Trinajstić information content (AvgIpc) is 2.72. The molecule has 0 saturated heterocycles. The maximum atomic E-state index is 13.9. The predicted molar refractivity (Wildman–Crippen MR) is 103 cm³/mol. The molecule has 0 saturated carbocycles. The molecule has 0 aliphatic carbocycles. The minimum absolute atomic E-state index is 0.168. The number of hydrogen-bond donors (Lipinski definition) is 1. The summed E-state index contributed by atoms with van der Waals surface area (Å²) >= 11 is 0. The van der Waals surface area contributed by atoms with Gasteiger partial charge in [0, 0.05) is 30.4 Å². The van der Waals surface area contributed by atoms with Gasteiger partial charge in [-0.15, -0.1) is 0 Å². The van der Waals surface area contributed by atoms with Gasteiger partial charge < -0.3 is 10.1 Å². The molecule has 0 spiro atoms. The van der Waals surface area contributed by atoms with Crippen molar-refractivity contribution in [2.45, 2.75) is 6.54 Å². The third-order valence-electron chi connectivity index (χ3n) is 4.32. The Bertz CT molecular complexity index is 1070. The van der Waals surface area contributed by atoms with Gasteiger partial charge in [-0.05, 0) is 28.8 Å². The standard InChI is InChI=1S/C21H17FN4O/c1-27-20-9-17-19(10-18(20)22)25-13-26-21(17)24-11-14-4-6-15(7-5-14)16-3-2-8-23-12-16/h2-10,12-13H,11H2,1H3,(H,24,25,26). The lowest BCUT2D eigenvalue weighted by Crippen LogP contribution is -2.03. The van der Waals surface area contributed by atoms with Crippen LogP contribution in [0.4, 0.5) is 10.2 Å². The Labute approximate surface area is 155 Å². The summed E-state index contributed by atoms with van der Waals surface area (Å²) in [4.78, 5) is 12.6. The summed E-state index contributed by atoms with van der Waals surface area (Å²) in [6.07, 6.45) is 5.02. The van der Waals surface area contributed by atoms with Gasteiger partial charge >= 0.3 is 0 Å². The first-order valence-corrected chi connectivity index (χ1v) is 8.46. The van der Waals surface area contributed by atoms with E-state index in [9.17, 15) is 4.39 Å². The molecule has 0 atom stereocenters. The molecule has 2 aromatic carbocycles. The van der Waals surface area contributed by atoms with Crippen molar-refractivity contribution in [3.8, 4) is 16.9 Å². The van der Waals surface area contributed by atoms with E-state index in [1.54, 1.807) is 12.3 Å². The lowest BCUT2D eigenvalue weighted by Gasteiger charge is -2.10. The molecule has 4 aromatic rings. The normalized spacial score (nSPS) is 10.7. The molecule has 6 heteroatoms. The summed E-state index contributed by atoms with van der Waals surface area (Å²) in [6.45, 7) is 0.582. The zero-order valence-corrected chi connectivity index (χ0v) is 14.7. The van der Waals surface area contributed by atoms with E-state index in [0.717, 1.165) is 16.7 Å². The molecule has 2 aromatic heterocycles. The number of anilines is 1. The fraction of sp³-hybridized carbons (Fsp3) is 0.0952. The van der Waals surface area contributed by atoms with Crippen LogP contribution in [0.15, 0.2) is 67.3 Å². The van der Waals surface area contributed by atoms with Gasteiger partial charge in [0.25, 0.3) is 0 Å². The van der Waals surface area contributed by atoms with Crippen LogP contribution in [0, 0.1) is 5.82 Å². The summed E-state index contributed by atoms with van der Waals surface area (Å²) in [5.41, 5.74) is 3.81. The SMILES string of the molecule is COc1cc2c(NCc3ccc(-c4cccnc4)cc3)ncnc2cc1F. The number of aromatic nitrogens is 3. The second-order valence-corrected chi connectivity index (χ2v) is 6.02. The van der Waals surface area contributed by atoms with E-state index >= 15 is 0 Å². The summed E-state index contributed by atoms with van der Waals surface area (Å²) in [5, 5.41) is 4.00. The second-order valence-electron chi connectivity index (χ2n) is 6.02. The van der Waals surface area contributed by atoms with Gasteiger partial charge in [0.2, 0.25) is 0 Å². The molecule has 0 fully saturated rings. The van der Waals surface area contributed by atoms with Crippen LogP contribution in [0.1, 0.15) is 5.56 Å². The number of fused-ring (bicyclic) bond motifs is 1. The van der Waals surface area contributed by atoms with Gasteiger partial charge in [0.15, 0.2) is 11.6 Å². The van der Waals surface area contributed by atoms with Gasteiger partial charge in [-0.2, -0.15) is 0 Å². The van der Waals surface area contributed by atoms with Crippen LogP contribution >= 0.6 is 0 Å². The Morgan fingerprint density at radius 2 is 1.89 bits per heavy atom. The highest BCUT2D eigenvalue weighted by atomic mass is 19.1. The van der Waals surface area contributed by atoms with E-state index < -0.39 is 5.82 Å². The molecule has 5 nitrogen and oxygen atoms in total. The summed E-state index contributed by atoms with van der Waals surface area (Å²) < 4.78 is 18.9. The highest BCUT2D eigenvalue weighted by Crippen LogP contribution is 2.27. The average molecular weight is 360 g/mol. The second kappa shape index (κ2) is 7.37. The van der Waals surface area contributed by atoms with E-state index in [1.807, 2.05) is 18.3 Å². The van der Waals surface area contributed by atoms with Crippen molar-refractivity contribution in [2.24, 2.45) is 0 Å². The van der Waals surface area contributed by atoms with Gasteiger partial charge in [0.05, 0.1) is 12.6 Å². The number of rotatable bonds is 5. The molecule has 0 radical (unpaired) electrons. The highest BCUT2D eigenvalue weighted by molar-refractivity contribution is 5.90. The Morgan fingerprint density at radius 3 is 2.63 bits per heavy atom. The third kappa shape index (κ3) is 3.55. The monoisotopic (exact) mass is 360 g/mol. The van der Waals surface area contributed by atoms with Crippen LogP contribution < -0.4 is 10.1 Å². The smallest absolute Gasteiger partial charge is 0.167 e. The maximum Gasteiger partial charge on any atom is 0.167 e. The van der Waals surface area contributed by atoms with Gasteiger partial charge in [-0.1, -0.05) is 30.3 Å². The lowest BCUT2D eigenvalue weighted by molar-refractivity contribution is 0.387. The predicted octanol–water partition coefficient (Wildman–Crippen LogP) is 4.45. The number of benzene rings is 2. The van der Waals surface area contributed by atoms with Crippen LogP contribution in [-0.4, -0.2) is 22.1 Å². The first-order valence-electron chi connectivity index (χ1n) is 8.46. The zero-order chi connectivity index (χ0) is 18.6.